The molecule has 1 atom stereocenters. The Hall–Kier alpha value is -3.75. The van der Waals surface area contributed by atoms with E-state index < -0.39 is 17.5 Å². The molecule has 1 aliphatic carbocycles. The number of likely N-dealkylation sites (tertiary alicyclic amines) is 1. The number of amides is 1. The first kappa shape index (κ1) is 21.1. The van der Waals surface area contributed by atoms with Crippen molar-refractivity contribution in [1.82, 2.24) is 19.7 Å². The lowest BCUT2D eigenvalue weighted by Crippen LogP contribution is -2.30. The zero-order valence-electron chi connectivity index (χ0n) is 17.8. The van der Waals surface area contributed by atoms with Gasteiger partial charge >= 0.3 is 11.7 Å². The van der Waals surface area contributed by atoms with E-state index in [9.17, 15) is 14.4 Å². The number of carboxylic acid groups (broad SMARTS) is 1. The summed E-state index contributed by atoms with van der Waals surface area (Å²) in [6, 6.07) is 10.7. The van der Waals surface area contributed by atoms with Gasteiger partial charge in [-0.25, -0.2) is 23.6 Å². The van der Waals surface area contributed by atoms with Gasteiger partial charge in [0, 0.05) is 25.4 Å². The number of benzene rings is 2. The Bertz CT molecular complexity index is 1280. The van der Waals surface area contributed by atoms with Gasteiger partial charge in [0.1, 0.15) is 11.6 Å². The Kier molecular flexibility index (Phi) is 5.32. The standard InChI is InChI=1S/C24H23FN4O4/c25-19-12-18(15-1-5-17(6-2-15)23(31)32)7-8-20(19)29-21(26-27-24(29)33)11-14-9-10-28(13-14)22(30)16-3-4-16/h1-2,5-8,12,14,16H,3-4,9-11,13H2,(H,27,33)(H,31,32). The molecule has 1 amide bonds. The number of aromatic nitrogens is 3. The molecule has 2 aromatic carbocycles. The van der Waals surface area contributed by atoms with Crippen molar-refractivity contribution in [3.05, 3.63) is 70.2 Å². The molecule has 1 aromatic heterocycles. The molecular formula is C24H23FN4O4. The highest BCUT2D eigenvalue weighted by Crippen LogP contribution is 2.33. The normalized spacial score (nSPS) is 18.0. The minimum absolute atomic E-state index is 0.0959. The third-order valence-corrected chi connectivity index (χ3v) is 6.39. The van der Waals surface area contributed by atoms with Gasteiger partial charge < -0.3 is 10.0 Å². The number of aromatic carboxylic acids is 1. The number of halogens is 1. The van der Waals surface area contributed by atoms with E-state index in [0.29, 0.717) is 36.5 Å². The number of hydrogen-bond donors (Lipinski definition) is 2. The van der Waals surface area contributed by atoms with Gasteiger partial charge in [-0.15, -0.1) is 0 Å². The third-order valence-electron chi connectivity index (χ3n) is 6.39. The quantitative estimate of drug-likeness (QED) is 0.600. The van der Waals surface area contributed by atoms with Crippen LogP contribution in [0.2, 0.25) is 0 Å². The molecule has 0 bridgehead atoms. The number of rotatable bonds is 6. The molecule has 0 spiro atoms. The van der Waals surface area contributed by atoms with E-state index in [0.717, 1.165) is 19.3 Å². The topological polar surface area (TPSA) is 108 Å². The maximum absolute atomic E-state index is 15.1. The molecule has 33 heavy (non-hydrogen) atoms. The van der Waals surface area contributed by atoms with Gasteiger partial charge in [-0.2, -0.15) is 5.10 Å². The predicted octanol–water partition coefficient (Wildman–Crippen LogP) is 2.87. The molecule has 2 aliphatic rings. The highest BCUT2D eigenvalue weighted by Gasteiger charge is 2.37. The molecule has 1 saturated heterocycles. The van der Waals surface area contributed by atoms with Crippen LogP contribution in [0.4, 0.5) is 4.39 Å². The van der Waals surface area contributed by atoms with E-state index in [1.165, 1.54) is 28.8 Å². The average molecular weight is 450 g/mol. The smallest absolute Gasteiger partial charge is 0.348 e. The highest BCUT2D eigenvalue weighted by molar-refractivity contribution is 5.88. The fourth-order valence-electron chi connectivity index (χ4n) is 4.43. The zero-order valence-corrected chi connectivity index (χ0v) is 17.8. The van der Waals surface area contributed by atoms with Gasteiger partial charge in [0.25, 0.3) is 0 Å². The lowest BCUT2D eigenvalue weighted by atomic mass is 10.0. The molecule has 9 heteroatoms. The minimum Gasteiger partial charge on any atom is -0.478 e. The van der Waals surface area contributed by atoms with Crippen molar-refractivity contribution >= 4 is 11.9 Å². The van der Waals surface area contributed by atoms with Crippen molar-refractivity contribution < 1.29 is 19.1 Å². The Morgan fingerprint density at radius 2 is 1.82 bits per heavy atom. The number of carboxylic acids is 1. The Morgan fingerprint density at radius 1 is 1.09 bits per heavy atom. The van der Waals surface area contributed by atoms with Crippen LogP contribution in [-0.2, 0) is 11.2 Å². The monoisotopic (exact) mass is 450 g/mol. The largest absolute Gasteiger partial charge is 0.478 e. The molecule has 3 aromatic rings. The molecule has 0 radical (unpaired) electrons. The third kappa shape index (κ3) is 4.18. The summed E-state index contributed by atoms with van der Waals surface area (Å²) < 4.78 is 16.3. The molecule has 2 heterocycles. The first-order valence-electron chi connectivity index (χ1n) is 11.0. The van der Waals surface area contributed by atoms with Crippen molar-refractivity contribution in [2.24, 2.45) is 11.8 Å². The summed E-state index contributed by atoms with van der Waals surface area (Å²) in [4.78, 5) is 37.7. The van der Waals surface area contributed by atoms with E-state index in [1.54, 1.807) is 18.2 Å². The molecule has 170 valence electrons. The fraction of sp³-hybridized carbons (Fsp3) is 0.333. The lowest BCUT2D eigenvalue weighted by molar-refractivity contribution is -0.131. The number of nitrogens with one attached hydrogen (secondary N) is 1. The summed E-state index contributed by atoms with van der Waals surface area (Å²) in [5, 5.41) is 15.6. The van der Waals surface area contributed by atoms with Crippen LogP contribution < -0.4 is 5.69 Å². The first-order chi connectivity index (χ1) is 15.9. The molecule has 8 nitrogen and oxygen atoms in total. The van der Waals surface area contributed by atoms with E-state index in [1.807, 2.05) is 4.90 Å². The van der Waals surface area contributed by atoms with Crippen molar-refractivity contribution in [2.45, 2.75) is 25.7 Å². The maximum Gasteiger partial charge on any atom is 0.348 e. The van der Waals surface area contributed by atoms with Gasteiger partial charge in [0.05, 0.1) is 11.3 Å². The van der Waals surface area contributed by atoms with Crippen LogP contribution >= 0.6 is 0 Å². The molecule has 5 rings (SSSR count). The van der Waals surface area contributed by atoms with Crippen molar-refractivity contribution in [2.75, 3.05) is 13.1 Å². The van der Waals surface area contributed by atoms with Gasteiger partial charge in [0.15, 0.2) is 0 Å². The van der Waals surface area contributed by atoms with Crippen LogP contribution in [0.25, 0.3) is 16.8 Å². The van der Waals surface area contributed by atoms with Crippen LogP contribution in [0, 0.1) is 17.7 Å². The second kappa shape index (κ2) is 8.31. The van der Waals surface area contributed by atoms with Crippen LogP contribution in [-0.4, -0.2) is 49.7 Å². The van der Waals surface area contributed by atoms with Crippen LogP contribution in [0.3, 0.4) is 0 Å². The van der Waals surface area contributed by atoms with Crippen molar-refractivity contribution in [3.8, 4) is 16.8 Å². The lowest BCUT2D eigenvalue weighted by Gasteiger charge is -2.16. The van der Waals surface area contributed by atoms with Crippen LogP contribution in [0.1, 0.15) is 35.4 Å². The summed E-state index contributed by atoms with van der Waals surface area (Å²) in [5.74, 6) is -0.621. The molecule has 1 saturated carbocycles. The minimum atomic E-state index is -1.03. The van der Waals surface area contributed by atoms with Crippen LogP contribution in [0.5, 0.6) is 0 Å². The van der Waals surface area contributed by atoms with Gasteiger partial charge in [-0.1, -0.05) is 18.2 Å². The first-order valence-corrected chi connectivity index (χ1v) is 11.0. The number of H-pyrrole nitrogens is 1. The summed E-state index contributed by atoms with van der Waals surface area (Å²) in [5.41, 5.74) is 0.951. The molecule has 1 aliphatic heterocycles. The van der Waals surface area contributed by atoms with Gasteiger partial charge in [-0.3, -0.25) is 4.79 Å². The average Bonchev–Trinajstić information content (AvgIpc) is 3.46. The van der Waals surface area contributed by atoms with Gasteiger partial charge in [0.2, 0.25) is 5.91 Å². The highest BCUT2D eigenvalue weighted by atomic mass is 19.1. The zero-order chi connectivity index (χ0) is 23.1. The predicted molar refractivity (Wildman–Crippen MR) is 118 cm³/mol. The van der Waals surface area contributed by atoms with Gasteiger partial charge in [-0.05, 0) is 60.6 Å². The number of carbonyl (C=O) groups is 2. The number of aromatic amines is 1. The fourth-order valence-corrected chi connectivity index (χ4v) is 4.43. The van der Waals surface area contributed by atoms with E-state index in [2.05, 4.69) is 10.2 Å². The molecule has 2 fully saturated rings. The Morgan fingerprint density at radius 3 is 2.48 bits per heavy atom. The number of nitrogens with zero attached hydrogens (tertiary/aromatic N) is 3. The molecule has 2 N–H and O–H groups in total. The Labute approximate surface area is 188 Å². The summed E-state index contributed by atoms with van der Waals surface area (Å²) in [6.45, 7) is 1.34. The summed E-state index contributed by atoms with van der Waals surface area (Å²) in [7, 11) is 0. The van der Waals surface area contributed by atoms with Crippen LogP contribution in [0.15, 0.2) is 47.3 Å². The van der Waals surface area contributed by atoms with Crippen molar-refractivity contribution in [3.63, 3.8) is 0 Å². The maximum atomic E-state index is 15.1. The number of hydrogen-bond acceptors (Lipinski definition) is 4. The SMILES string of the molecule is O=C(O)c1ccc(-c2ccc(-n3c(CC4CCN(C(=O)C5CC5)C4)n[nH]c3=O)c(F)c2)cc1. The van der Waals surface area contributed by atoms with E-state index in [4.69, 9.17) is 5.11 Å². The van der Waals surface area contributed by atoms with Crippen molar-refractivity contribution in [1.29, 1.82) is 0 Å². The molecular weight excluding hydrogens is 427 g/mol. The summed E-state index contributed by atoms with van der Waals surface area (Å²) in [6.07, 6.45) is 3.23. The van der Waals surface area contributed by atoms with E-state index in [-0.39, 0.29) is 29.0 Å². The summed E-state index contributed by atoms with van der Waals surface area (Å²) >= 11 is 0. The second-order valence-corrected chi connectivity index (χ2v) is 8.75. The number of carbonyl (C=O) groups excluding carboxylic acids is 1. The van der Waals surface area contributed by atoms with E-state index >= 15 is 4.39 Å². The Balaban J connectivity index is 1.36. The second-order valence-electron chi connectivity index (χ2n) is 8.75. The molecule has 1 unspecified atom stereocenters.